The second-order valence-corrected chi connectivity index (χ2v) is 2.59. The van der Waals surface area contributed by atoms with E-state index in [0.29, 0.717) is 11.9 Å². The highest BCUT2D eigenvalue weighted by molar-refractivity contribution is 6.59. The van der Waals surface area contributed by atoms with Crippen molar-refractivity contribution in [3.63, 3.8) is 0 Å². The van der Waals surface area contributed by atoms with Crippen LogP contribution in [0.4, 0.5) is 0 Å². The molecule has 4 heteroatoms. The first-order valence-electron chi connectivity index (χ1n) is 4.13. The molecule has 0 fully saturated rings. The maximum Gasteiger partial charge on any atom is 0.491 e. The lowest BCUT2D eigenvalue weighted by Crippen LogP contribution is -2.33. The molecule has 0 aliphatic heterocycles. The van der Waals surface area contributed by atoms with Gasteiger partial charge >= 0.3 is 7.12 Å². The Morgan fingerprint density at radius 1 is 1.38 bits per heavy atom. The van der Waals surface area contributed by atoms with Crippen LogP contribution in [-0.4, -0.2) is 25.0 Å². The quantitative estimate of drug-likeness (QED) is 0.391. The number of hydrogen-bond donors (Lipinski definition) is 1. The van der Waals surface area contributed by atoms with Crippen molar-refractivity contribution < 1.29 is 14.5 Å². The molecule has 3 nitrogen and oxygen atoms in total. The topological polar surface area (TPSA) is 46.5 Å². The van der Waals surface area contributed by atoms with Crippen LogP contribution in [0, 0.1) is 0 Å². The van der Waals surface area contributed by atoms with Crippen molar-refractivity contribution in [2.24, 2.45) is 0 Å². The summed E-state index contributed by atoms with van der Waals surface area (Å²) in [7, 11) is -0.929. The van der Waals surface area contributed by atoms with Gasteiger partial charge in [0, 0.05) is 13.0 Å². The second-order valence-electron chi connectivity index (χ2n) is 2.59. The molecule has 1 rings (SSSR count). The Balaban J connectivity index is 2.39. The molecule has 0 saturated heterocycles. The van der Waals surface area contributed by atoms with Crippen LogP contribution in [0.1, 0.15) is 6.42 Å². The van der Waals surface area contributed by atoms with Gasteiger partial charge in [0.05, 0.1) is 0 Å². The third-order valence-corrected chi connectivity index (χ3v) is 1.60. The normalized spacial score (nSPS) is 9.62. The fourth-order valence-corrected chi connectivity index (χ4v) is 0.942. The highest BCUT2D eigenvalue weighted by Gasteiger charge is 2.14. The lowest BCUT2D eigenvalue weighted by molar-refractivity contribution is -0.108. The van der Waals surface area contributed by atoms with Gasteiger partial charge in [0.25, 0.3) is 0 Å². The Bertz CT molecular complexity index is 250. The average molecular weight is 178 g/mol. The van der Waals surface area contributed by atoms with Crippen LogP contribution in [0.2, 0.25) is 0 Å². The zero-order chi connectivity index (χ0) is 9.52. The number of aldehydes is 1. The fraction of sp³-hybridized carbons (Fsp3) is 0.222. The highest BCUT2D eigenvalue weighted by Crippen LogP contribution is 1.88. The smallest absolute Gasteiger partial charge is 0.423 e. The van der Waals surface area contributed by atoms with Gasteiger partial charge in [-0.15, -0.1) is 0 Å². The summed E-state index contributed by atoms with van der Waals surface area (Å²) < 4.78 is 4.99. The van der Waals surface area contributed by atoms with Crippen molar-refractivity contribution >= 4 is 18.9 Å². The van der Waals surface area contributed by atoms with Crippen LogP contribution < -0.4 is 5.46 Å². The van der Waals surface area contributed by atoms with Crippen LogP contribution in [-0.2, 0) is 9.45 Å². The summed E-state index contributed by atoms with van der Waals surface area (Å²) in [6.07, 6.45) is 1.07. The van der Waals surface area contributed by atoms with Crippen LogP contribution in [0.15, 0.2) is 30.3 Å². The second kappa shape index (κ2) is 5.51. The minimum atomic E-state index is -0.929. The minimum absolute atomic E-state index is 0.250. The predicted molar refractivity (Wildman–Crippen MR) is 50.7 cm³/mol. The maximum absolute atomic E-state index is 9.96. The Kier molecular flexibility index (Phi) is 4.22. The highest BCUT2D eigenvalue weighted by atomic mass is 16.5. The van der Waals surface area contributed by atoms with E-state index in [1.165, 1.54) is 0 Å². The molecule has 0 radical (unpaired) electrons. The molecule has 1 aromatic rings. The van der Waals surface area contributed by atoms with E-state index in [9.17, 15) is 9.82 Å². The summed E-state index contributed by atoms with van der Waals surface area (Å²) >= 11 is 0. The van der Waals surface area contributed by atoms with Gasteiger partial charge in [-0.05, 0) is 5.46 Å². The molecule has 68 valence electrons. The summed E-state index contributed by atoms with van der Waals surface area (Å²) in [6, 6.07) is 9.04. The first-order valence-corrected chi connectivity index (χ1v) is 4.13. The Morgan fingerprint density at radius 2 is 2.08 bits per heavy atom. The largest absolute Gasteiger partial charge is 0.491 e. The van der Waals surface area contributed by atoms with E-state index < -0.39 is 7.12 Å². The number of carbonyl (C=O) groups is 1. The van der Waals surface area contributed by atoms with E-state index in [4.69, 9.17) is 4.65 Å². The molecule has 1 N–H and O–H groups in total. The molecule has 13 heavy (non-hydrogen) atoms. The van der Waals surface area contributed by atoms with Gasteiger partial charge in [-0.3, -0.25) is 0 Å². The molecule has 0 atom stereocenters. The molecule has 0 aliphatic rings. The zero-order valence-electron chi connectivity index (χ0n) is 7.22. The van der Waals surface area contributed by atoms with E-state index in [1.54, 1.807) is 12.1 Å². The van der Waals surface area contributed by atoms with Crippen LogP contribution in [0.25, 0.3) is 0 Å². The van der Waals surface area contributed by atoms with Crippen molar-refractivity contribution in [1.82, 2.24) is 0 Å². The predicted octanol–water partition coefficient (Wildman–Crippen LogP) is -0.0203. The monoisotopic (exact) mass is 178 g/mol. The maximum atomic E-state index is 9.96. The van der Waals surface area contributed by atoms with E-state index >= 15 is 0 Å². The molecule has 1 aromatic carbocycles. The van der Waals surface area contributed by atoms with Gasteiger partial charge in [0.15, 0.2) is 0 Å². The molecule has 0 bridgehead atoms. The van der Waals surface area contributed by atoms with E-state index in [0.717, 1.165) is 6.29 Å². The van der Waals surface area contributed by atoms with Crippen LogP contribution in [0.5, 0.6) is 0 Å². The summed E-state index contributed by atoms with van der Waals surface area (Å²) in [6.45, 7) is 0.250. The SMILES string of the molecule is O=CCCOB(O)c1ccccc1. The van der Waals surface area contributed by atoms with Gasteiger partial charge in [-0.25, -0.2) is 0 Å². The van der Waals surface area contributed by atoms with Crippen molar-refractivity contribution in [3.05, 3.63) is 30.3 Å². The summed E-state index contributed by atoms with van der Waals surface area (Å²) in [5.41, 5.74) is 0.702. The van der Waals surface area contributed by atoms with E-state index in [1.807, 2.05) is 18.2 Å². The molecule has 0 unspecified atom stereocenters. The zero-order valence-corrected chi connectivity index (χ0v) is 7.22. The summed E-state index contributed by atoms with van der Waals surface area (Å²) in [5.74, 6) is 0. The fourth-order valence-electron chi connectivity index (χ4n) is 0.942. The third kappa shape index (κ3) is 3.40. The molecular weight excluding hydrogens is 167 g/mol. The molecule has 0 spiro atoms. The van der Waals surface area contributed by atoms with Gasteiger partial charge in [-0.1, -0.05) is 30.3 Å². The Morgan fingerprint density at radius 3 is 2.69 bits per heavy atom. The molecule has 0 amide bonds. The average Bonchev–Trinajstić information content (AvgIpc) is 2.19. The minimum Gasteiger partial charge on any atom is -0.423 e. The van der Waals surface area contributed by atoms with Gasteiger partial charge < -0.3 is 14.5 Å². The standard InChI is InChI=1S/C9H11BO3/c11-7-4-8-13-10(12)9-5-2-1-3-6-9/h1-3,5-7,12H,4,8H2. The lowest BCUT2D eigenvalue weighted by atomic mass is 9.80. The third-order valence-electron chi connectivity index (χ3n) is 1.60. The van der Waals surface area contributed by atoms with Crippen LogP contribution in [0.3, 0.4) is 0 Å². The number of rotatable bonds is 5. The number of benzene rings is 1. The Hall–Kier alpha value is -1.13. The summed E-state index contributed by atoms with van der Waals surface area (Å²) in [5, 5.41) is 9.41. The molecule has 0 saturated carbocycles. The van der Waals surface area contributed by atoms with Crippen LogP contribution >= 0.6 is 0 Å². The number of hydrogen-bond acceptors (Lipinski definition) is 3. The van der Waals surface area contributed by atoms with Gasteiger partial charge in [0.1, 0.15) is 6.29 Å². The molecular formula is C9H11BO3. The van der Waals surface area contributed by atoms with E-state index in [2.05, 4.69) is 0 Å². The number of carbonyl (C=O) groups excluding carboxylic acids is 1. The van der Waals surface area contributed by atoms with Crippen molar-refractivity contribution in [2.45, 2.75) is 6.42 Å². The first-order chi connectivity index (χ1) is 6.34. The molecule has 0 aliphatic carbocycles. The first kappa shape index (κ1) is 9.96. The van der Waals surface area contributed by atoms with Crippen molar-refractivity contribution in [3.8, 4) is 0 Å². The lowest BCUT2D eigenvalue weighted by Gasteiger charge is -2.05. The molecule has 0 aromatic heterocycles. The Labute approximate surface area is 77.5 Å². The van der Waals surface area contributed by atoms with Gasteiger partial charge in [0.2, 0.25) is 0 Å². The van der Waals surface area contributed by atoms with Crippen molar-refractivity contribution in [2.75, 3.05) is 6.61 Å². The summed E-state index contributed by atoms with van der Waals surface area (Å²) in [4.78, 5) is 9.96. The van der Waals surface area contributed by atoms with Gasteiger partial charge in [-0.2, -0.15) is 0 Å². The van der Waals surface area contributed by atoms with E-state index in [-0.39, 0.29) is 6.61 Å². The van der Waals surface area contributed by atoms with Crippen molar-refractivity contribution in [1.29, 1.82) is 0 Å². The molecule has 0 heterocycles.